The molecule has 0 bridgehead atoms. The van der Waals surface area contributed by atoms with Crippen LogP contribution >= 0.6 is 0 Å². The molecule has 2 aromatic heterocycles. The Balaban J connectivity index is 1.72. The Bertz CT molecular complexity index is 1540. The number of pyridine rings is 1. The third-order valence-electron chi connectivity index (χ3n) is 7.22. The zero-order valence-corrected chi connectivity index (χ0v) is 20.9. The smallest absolute Gasteiger partial charge is 0.340 e. The fourth-order valence-electron chi connectivity index (χ4n) is 5.27. The molecule has 0 aliphatic heterocycles. The highest BCUT2D eigenvalue weighted by atomic mass is 32.2. The summed E-state index contributed by atoms with van der Waals surface area (Å²) in [7, 11) is -4.17. The predicted octanol–water partition coefficient (Wildman–Crippen LogP) is 4.46. The van der Waals surface area contributed by atoms with Crippen molar-refractivity contribution in [2.75, 3.05) is 0 Å². The highest BCUT2D eigenvalue weighted by Gasteiger charge is 2.50. The summed E-state index contributed by atoms with van der Waals surface area (Å²) >= 11 is 0. The number of allylic oxidation sites excluding steroid dienone is 2. The number of rotatable bonds is 4. The zero-order valence-electron chi connectivity index (χ0n) is 20.1. The molecule has 8 nitrogen and oxygen atoms in total. The molecule has 2 heterocycles. The first-order chi connectivity index (χ1) is 17.1. The van der Waals surface area contributed by atoms with Crippen LogP contribution in [0.1, 0.15) is 37.1 Å². The van der Waals surface area contributed by atoms with Gasteiger partial charge in [0.25, 0.3) is 0 Å². The van der Waals surface area contributed by atoms with Crippen LogP contribution in [0, 0.1) is 25.3 Å². The highest BCUT2D eigenvalue weighted by molar-refractivity contribution is 7.87. The monoisotopic (exact) mass is 500 g/mol. The van der Waals surface area contributed by atoms with Crippen molar-refractivity contribution in [3.63, 3.8) is 0 Å². The molecule has 0 unspecified atom stereocenters. The van der Waals surface area contributed by atoms with E-state index in [1.165, 1.54) is 12.1 Å². The Kier molecular flexibility index (Phi) is 5.72. The van der Waals surface area contributed by atoms with Crippen molar-refractivity contribution in [3.05, 3.63) is 88.8 Å². The van der Waals surface area contributed by atoms with Crippen molar-refractivity contribution in [1.82, 2.24) is 15.0 Å². The van der Waals surface area contributed by atoms with Gasteiger partial charge in [0.2, 0.25) is 11.6 Å². The van der Waals surface area contributed by atoms with Gasteiger partial charge in [-0.3, -0.25) is 4.98 Å². The topological polar surface area (TPSA) is 103 Å². The predicted molar refractivity (Wildman–Crippen MR) is 132 cm³/mol. The summed E-state index contributed by atoms with van der Waals surface area (Å²) < 4.78 is 32.1. The van der Waals surface area contributed by atoms with E-state index in [1.807, 2.05) is 20.8 Å². The summed E-state index contributed by atoms with van der Waals surface area (Å²) in [5, 5.41) is 0. The third-order valence-corrected chi connectivity index (χ3v) is 8.45. The van der Waals surface area contributed by atoms with Gasteiger partial charge in [-0.25, -0.2) is 9.83 Å². The molecule has 5 rings (SSSR count). The number of nitrogens with zero attached hydrogens (tertiary/aromatic N) is 4. The molecular weight excluding hydrogens is 476 g/mol. The minimum absolute atomic E-state index is 0.0258. The van der Waals surface area contributed by atoms with Crippen molar-refractivity contribution in [2.24, 2.45) is 11.8 Å². The second-order valence-electron chi connectivity index (χ2n) is 9.49. The van der Waals surface area contributed by atoms with Crippen LogP contribution in [-0.2, 0) is 26.7 Å². The molecule has 2 aliphatic carbocycles. The fourth-order valence-corrected chi connectivity index (χ4v) is 6.18. The maximum absolute atomic E-state index is 13.2. The van der Waals surface area contributed by atoms with Crippen molar-refractivity contribution in [1.29, 1.82) is 0 Å². The molecule has 3 atom stereocenters. The zero-order chi connectivity index (χ0) is 25.7. The number of hydrogen-bond donors (Lipinski definition) is 0. The van der Waals surface area contributed by atoms with Crippen LogP contribution in [0.4, 0.5) is 0 Å². The largest absolute Gasteiger partial charge is 0.358 e. The number of fused-ring (bicyclic) bond motifs is 3. The van der Waals surface area contributed by atoms with E-state index in [9.17, 15) is 13.2 Å². The number of aromatic nitrogens is 3. The SMILES string of the molecule is [C-]#[N+]C1=C[C@@]2(C)c3nc(-c4ccncc4)nc(OS(=O)(=O)c4ccc(C)cc4)c3CC[C@@H]2[C@@H](C)C1=O. The van der Waals surface area contributed by atoms with Gasteiger partial charge in [-0.05, 0) is 49.9 Å². The lowest BCUT2D eigenvalue weighted by atomic mass is 9.58. The van der Waals surface area contributed by atoms with E-state index in [1.54, 1.807) is 42.7 Å². The van der Waals surface area contributed by atoms with Crippen LogP contribution in [0.3, 0.4) is 0 Å². The summed E-state index contributed by atoms with van der Waals surface area (Å²) in [6.07, 6.45) is 5.95. The first-order valence-electron chi connectivity index (χ1n) is 11.6. The van der Waals surface area contributed by atoms with Gasteiger partial charge in [-0.15, -0.1) is 0 Å². The van der Waals surface area contributed by atoms with E-state index in [2.05, 4.69) is 14.8 Å². The number of Topliss-reactive ketones (excluding diaryl/α,β-unsaturated/α-hetero) is 1. The quantitative estimate of drug-likeness (QED) is 0.385. The molecule has 0 spiro atoms. The molecule has 0 saturated heterocycles. The molecule has 0 radical (unpaired) electrons. The Morgan fingerprint density at radius 2 is 1.81 bits per heavy atom. The average molecular weight is 501 g/mol. The lowest BCUT2D eigenvalue weighted by molar-refractivity contribution is -0.121. The average Bonchev–Trinajstić information content (AvgIpc) is 2.87. The van der Waals surface area contributed by atoms with Crippen molar-refractivity contribution in [2.45, 2.75) is 43.9 Å². The second kappa shape index (κ2) is 8.64. The van der Waals surface area contributed by atoms with Gasteiger partial charge < -0.3 is 8.98 Å². The van der Waals surface area contributed by atoms with Gasteiger partial charge in [0, 0.05) is 34.9 Å². The van der Waals surface area contributed by atoms with Gasteiger partial charge in [0.05, 0.1) is 12.3 Å². The minimum Gasteiger partial charge on any atom is -0.358 e. The summed E-state index contributed by atoms with van der Waals surface area (Å²) in [6.45, 7) is 13.2. The van der Waals surface area contributed by atoms with Crippen molar-refractivity contribution >= 4 is 15.9 Å². The van der Waals surface area contributed by atoms with Crippen LogP contribution in [-0.4, -0.2) is 29.2 Å². The second-order valence-corrected chi connectivity index (χ2v) is 11.0. The first-order valence-corrected chi connectivity index (χ1v) is 13.0. The molecule has 0 saturated carbocycles. The maximum atomic E-state index is 13.2. The lowest BCUT2D eigenvalue weighted by Gasteiger charge is -2.45. The van der Waals surface area contributed by atoms with E-state index in [4.69, 9.17) is 15.7 Å². The highest BCUT2D eigenvalue weighted by Crippen LogP contribution is 2.51. The number of carbonyl (C=O) groups is 1. The molecule has 36 heavy (non-hydrogen) atoms. The Morgan fingerprint density at radius 3 is 2.47 bits per heavy atom. The maximum Gasteiger partial charge on any atom is 0.340 e. The summed E-state index contributed by atoms with van der Waals surface area (Å²) in [5.41, 5.74) is 2.03. The van der Waals surface area contributed by atoms with E-state index in [0.29, 0.717) is 29.7 Å². The van der Waals surface area contributed by atoms with Crippen molar-refractivity contribution in [3.8, 4) is 17.3 Å². The van der Waals surface area contributed by atoms with Gasteiger partial charge >= 0.3 is 10.1 Å². The first kappa shape index (κ1) is 23.8. The van der Waals surface area contributed by atoms with Crippen LogP contribution in [0.2, 0.25) is 0 Å². The number of aryl methyl sites for hydroxylation is 1. The van der Waals surface area contributed by atoms with E-state index < -0.39 is 15.5 Å². The van der Waals surface area contributed by atoms with Gasteiger partial charge in [-0.2, -0.15) is 13.4 Å². The number of ketones is 1. The van der Waals surface area contributed by atoms with Crippen LogP contribution < -0.4 is 4.18 Å². The van der Waals surface area contributed by atoms with Crippen LogP contribution in [0.25, 0.3) is 16.2 Å². The summed E-state index contributed by atoms with van der Waals surface area (Å²) in [5.74, 6) is -0.372. The molecule has 1 aromatic carbocycles. The lowest BCUT2D eigenvalue weighted by Crippen LogP contribution is -2.46. The standard InChI is InChI=1S/C27H24N4O4S/c1-16-5-7-19(8-6-16)36(33,34)35-26-20-9-10-21-17(2)23(32)22(28-4)15-27(21,3)24(20)30-25(31-26)18-11-13-29-14-12-18/h5-8,11-15,17,21H,9-10H2,1-3H3/t17-,21-,27-/m1/s1. The molecular formula is C27H24N4O4S. The molecule has 0 amide bonds. The van der Waals surface area contributed by atoms with Gasteiger partial charge in [0.15, 0.2) is 11.6 Å². The summed E-state index contributed by atoms with van der Waals surface area (Å²) in [6, 6.07) is 9.87. The Morgan fingerprint density at radius 1 is 1.11 bits per heavy atom. The normalized spacial score (nSPS) is 23.2. The van der Waals surface area contributed by atoms with Crippen LogP contribution in [0.5, 0.6) is 5.88 Å². The number of benzene rings is 1. The minimum atomic E-state index is -4.17. The van der Waals surface area contributed by atoms with Gasteiger partial charge in [-0.1, -0.05) is 37.6 Å². The third kappa shape index (κ3) is 3.88. The molecule has 3 aromatic rings. The van der Waals surface area contributed by atoms with E-state index >= 15 is 0 Å². The fraction of sp³-hybridized carbons (Fsp3) is 0.296. The number of hydrogen-bond acceptors (Lipinski definition) is 7. The van der Waals surface area contributed by atoms with E-state index in [0.717, 1.165) is 5.56 Å². The van der Waals surface area contributed by atoms with Crippen LogP contribution in [0.15, 0.2) is 65.5 Å². The molecule has 2 aliphatic rings. The Labute approximate surface area is 210 Å². The molecule has 0 N–H and O–H groups in total. The molecule has 182 valence electrons. The summed E-state index contributed by atoms with van der Waals surface area (Å²) in [4.78, 5) is 29.7. The Hall–Kier alpha value is -3.90. The molecule has 0 fully saturated rings. The van der Waals surface area contributed by atoms with Crippen molar-refractivity contribution < 1.29 is 17.4 Å². The van der Waals surface area contributed by atoms with Gasteiger partial charge in [0.1, 0.15) is 4.90 Å². The van der Waals surface area contributed by atoms with E-state index in [-0.39, 0.29) is 39.9 Å². The molecule has 9 heteroatoms. The number of carbonyl (C=O) groups excluding carboxylic acids is 1.